The number of aliphatic imine (C=N–C) groups is 1. The third-order valence-corrected chi connectivity index (χ3v) is 6.64. The Morgan fingerprint density at radius 3 is 2.38 bits per heavy atom. The zero-order valence-corrected chi connectivity index (χ0v) is 18.8. The number of aryl methyl sites for hydroxylation is 1. The van der Waals surface area contributed by atoms with Gasteiger partial charge in [0, 0.05) is 11.4 Å². The quantitative estimate of drug-likeness (QED) is 0.714. The first-order chi connectivity index (χ1) is 13.6. The van der Waals surface area contributed by atoms with Gasteiger partial charge in [-0.15, -0.1) is 0 Å². The van der Waals surface area contributed by atoms with Crippen molar-refractivity contribution in [1.82, 2.24) is 4.98 Å². The molecule has 1 aromatic rings. The van der Waals surface area contributed by atoms with Crippen molar-refractivity contribution in [3.05, 3.63) is 39.4 Å². The number of H-pyrrole nitrogens is 1. The lowest BCUT2D eigenvalue weighted by Gasteiger charge is -2.37. The summed E-state index contributed by atoms with van der Waals surface area (Å²) in [6, 6.07) is 0. The molecule has 0 spiro atoms. The predicted molar refractivity (Wildman–Crippen MR) is 119 cm³/mol. The topological polar surface area (TPSA) is 80.5 Å². The Morgan fingerprint density at radius 1 is 1.21 bits per heavy atom. The Kier molecular flexibility index (Phi) is 6.06. The highest BCUT2D eigenvalue weighted by Crippen LogP contribution is 2.36. The number of amidine groups is 1. The molecule has 0 aromatic carbocycles. The number of rotatable bonds is 4. The van der Waals surface area contributed by atoms with E-state index >= 15 is 0 Å². The van der Waals surface area contributed by atoms with Crippen LogP contribution in [0.5, 0.6) is 0 Å². The van der Waals surface area contributed by atoms with Crippen LogP contribution in [0, 0.1) is 31.6 Å². The lowest BCUT2D eigenvalue weighted by atomic mass is 9.75. The Bertz CT molecular complexity index is 891. The molecule has 1 aromatic heterocycles. The number of aromatic nitrogens is 1. The van der Waals surface area contributed by atoms with E-state index in [-0.39, 0.29) is 17.9 Å². The van der Waals surface area contributed by atoms with Crippen LogP contribution >= 0.6 is 0 Å². The van der Waals surface area contributed by atoms with Gasteiger partial charge in [-0.1, -0.05) is 27.7 Å². The minimum Gasteiger partial charge on any atom is -0.458 e. The molecule has 2 atom stereocenters. The van der Waals surface area contributed by atoms with Gasteiger partial charge in [0.15, 0.2) is 0 Å². The molecule has 2 heterocycles. The summed E-state index contributed by atoms with van der Waals surface area (Å²) in [4.78, 5) is 20.9. The third kappa shape index (κ3) is 4.05. The van der Waals surface area contributed by atoms with Gasteiger partial charge >= 0.3 is 5.97 Å². The fourth-order valence-corrected chi connectivity index (χ4v) is 5.22. The minimum absolute atomic E-state index is 0.0692. The summed E-state index contributed by atoms with van der Waals surface area (Å²) in [7, 11) is 0. The second-order valence-electron chi connectivity index (χ2n) is 9.05. The van der Waals surface area contributed by atoms with Crippen LogP contribution in [0.2, 0.25) is 0 Å². The number of nitrogens with one attached hydrogen (secondary N) is 1. The first-order valence-electron chi connectivity index (χ1n) is 10.8. The highest BCUT2D eigenvalue weighted by Gasteiger charge is 2.36. The molecule has 2 unspecified atom stereocenters. The molecule has 0 amide bonds. The summed E-state index contributed by atoms with van der Waals surface area (Å²) in [5.41, 5.74) is 12.8. The van der Waals surface area contributed by atoms with Crippen LogP contribution < -0.4 is 5.73 Å². The molecule has 1 saturated carbocycles. The third-order valence-electron chi connectivity index (χ3n) is 6.64. The standard InChI is InChI=1S/C24H35N3O2/c1-8-18-15(5)19(26-17(18)7)11-20-16(6)21(23(25)27-20)24(28)29-22-13(3)9-12(2)10-14(22)4/h11-14,22,26H,8-10H2,1-7H3,(H2,25,27)/b20-11-. The zero-order valence-electron chi connectivity index (χ0n) is 18.8. The molecule has 1 fully saturated rings. The molecule has 5 nitrogen and oxygen atoms in total. The van der Waals surface area contributed by atoms with Crippen molar-refractivity contribution in [3.63, 3.8) is 0 Å². The van der Waals surface area contributed by atoms with E-state index in [1.165, 1.54) is 16.8 Å². The van der Waals surface area contributed by atoms with Crippen LogP contribution in [-0.4, -0.2) is 22.9 Å². The SMILES string of the molecule is CCc1c(C)[nH]c(/C=C2\N=C(N)C(C(=O)OC3C(C)CC(C)CC3C)=C2C)c1C. The van der Waals surface area contributed by atoms with E-state index < -0.39 is 0 Å². The van der Waals surface area contributed by atoms with Crippen molar-refractivity contribution in [3.8, 4) is 0 Å². The van der Waals surface area contributed by atoms with Crippen molar-refractivity contribution in [1.29, 1.82) is 0 Å². The monoisotopic (exact) mass is 397 g/mol. The largest absolute Gasteiger partial charge is 0.458 e. The number of aromatic amines is 1. The summed E-state index contributed by atoms with van der Waals surface area (Å²) in [6.45, 7) is 14.9. The van der Waals surface area contributed by atoms with E-state index in [0.29, 0.717) is 23.3 Å². The van der Waals surface area contributed by atoms with Crippen LogP contribution in [0.4, 0.5) is 0 Å². The number of carbonyl (C=O) groups excluding carboxylic acids is 1. The molecule has 3 rings (SSSR count). The molecule has 29 heavy (non-hydrogen) atoms. The van der Waals surface area contributed by atoms with Gasteiger partial charge in [-0.3, -0.25) is 0 Å². The number of hydrogen-bond donors (Lipinski definition) is 2. The molecule has 5 heteroatoms. The van der Waals surface area contributed by atoms with Crippen molar-refractivity contribution < 1.29 is 9.53 Å². The maximum Gasteiger partial charge on any atom is 0.342 e. The molecule has 0 bridgehead atoms. The Labute approximate surface area is 174 Å². The molecule has 0 saturated heterocycles. The van der Waals surface area contributed by atoms with E-state index in [0.717, 1.165) is 36.2 Å². The molecule has 2 aliphatic rings. The number of esters is 1. The van der Waals surface area contributed by atoms with E-state index in [1.807, 2.05) is 13.0 Å². The Hall–Kier alpha value is -2.30. The van der Waals surface area contributed by atoms with E-state index in [1.54, 1.807) is 0 Å². The molecule has 1 aliphatic carbocycles. The summed E-state index contributed by atoms with van der Waals surface area (Å²) in [6.07, 6.45) is 5.06. The fourth-order valence-electron chi connectivity index (χ4n) is 5.22. The van der Waals surface area contributed by atoms with Crippen molar-refractivity contribution >= 4 is 17.9 Å². The summed E-state index contributed by atoms with van der Waals surface area (Å²) in [5, 5.41) is 0. The van der Waals surface area contributed by atoms with Gasteiger partial charge in [0.1, 0.15) is 17.5 Å². The number of nitrogens with two attached hydrogens (primary N) is 1. The summed E-state index contributed by atoms with van der Waals surface area (Å²) < 4.78 is 5.96. The number of ether oxygens (including phenoxy) is 1. The molecular weight excluding hydrogens is 362 g/mol. The average molecular weight is 398 g/mol. The van der Waals surface area contributed by atoms with Gasteiger partial charge in [0.25, 0.3) is 0 Å². The van der Waals surface area contributed by atoms with E-state index in [2.05, 4.69) is 51.5 Å². The Balaban J connectivity index is 1.86. The lowest BCUT2D eigenvalue weighted by Crippen LogP contribution is -2.38. The zero-order chi connectivity index (χ0) is 21.5. The second kappa shape index (κ2) is 8.21. The summed E-state index contributed by atoms with van der Waals surface area (Å²) in [5.74, 6) is 1.28. The molecule has 1 aliphatic heterocycles. The van der Waals surface area contributed by atoms with Crippen LogP contribution in [0.25, 0.3) is 6.08 Å². The first-order valence-corrected chi connectivity index (χ1v) is 10.8. The van der Waals surface area contributed by atoms with Crippen molar-refractivity contribution in [2.24, 2.45) is 28.5 Å². The maximum absolute atomic E-state index is 13.0. The predicted octanol–water partition coefficient (Wildman–Crippen LogP) is 4.84. The second-order valence-corrected chi connectivity index (χ2v) is 9.05. The molecular formula is C24H35N3O2. The van der Waals surface area contributed by atoms with E-state index in [9.17, 15) is 4.79 Å². The number of allylic oxidation sites excluding steroid dienone is 1. The van der Waals surface area contributed by atoms with Gasteiger partial charge in [0.05, 0.1) is 5.70 Å². The number of carbonyl (C=O) groups is 1. The normalized spacial score (nSPS) is 28.8. The van der Waals surface area contributed by atoms with Gasteiger partial charge in [-0.05, 0) is 80.6 Å². The highest BCUT2D eigenvalue weighted by molar-refractivity contribution is 6.21. The number of nitrogens with zero attached hydrogens (tertiary/aromatic N) is 1. The molecule has 3 N–H and O–H groups in total. The molecule has 158 valence electrons. The average Bonchev–Trinajstić information content (AvgIpc) is 3.06. The van der Waals surface area contributed by atoms with Gasteiger partial charge in [0.2, 0.25) is 0 Å². The van der Waals surface area contributed by atoms with Crippen LogP contribution in [0.15, 0.2) is 21.8 Å². The summed E-state index contributed by atoms with van der Waals surface area (Å²) >= 11 is 0. The highest BCUT2D eigenvalue weighted by atomic mass is 16.5. The maximum atomic E-state index is 13.0. The minimum atomic E-state index is -0.348. The van der Waals surface area contributed by atoms with Crippen LogP contribution in [0.3, 0.4) is 0 Å². The Morgan fingerprint density at radius 2 is 1.83 bits per heavy atom. The van der Waals surface area contributed by atoms with Crippen molar-refractivity contribution in [2.75, 3.05) is 0 Å². The first kappa shape index (κ1) is 21.4. The lowest BCUT2D eigenvalue weighted by molar-refractivity contribution is -0.152. The van der Waals surface area contributed by atoms with Crippen LogP contribution in [-0.2, 0) is 16.0 Å². The van der Waals surface area contributed by atoms with Crippen LogP contribution in [0.1, 0.15) is 70.0 Å². The van der Waals surface area contributed by atoms with E-state index in [4.69, 9.17) is 10.5 Å². The number of hydrogen-bond acceptors (Lipinski definition) is 4. The van der Waals surface area contributed by atoms with Crippen molar-refractivity contribution in [2.45, 2.75) is 73.8 Å². The van der Waals surface area contributed by atoms with Gasteiger partial charge in [-0.2, -0.15) is 0 Å². The molecule has 0 radical (unpaired) electrons. The fraction of sp³-hybridized carbons (Fsp3) is 0.583. The van der Waals surface area contributed by atoms with Gasteiger partial charge < -0.3 is 15.5 Å². The smallest absolute Gasteiger partial charge is 0.342 e. The van der Waals surface area contributed by atoms with Gasteiger partial charge in [-0.25, -0.2) is 9.79 Å².